The molecule has 148 valence electrons. The average molecular weight is 401 g/mol. The molecule has 2 aromatic rings. The number of hydrogen-bond acceptors (Lipinski definition) is 4. The van der Waals surface area contributed by atoms with Crippen LogP contribution in [0.1, 0.15) is 18.4 Å². The minimum atomic E-state index is -3.51. The Morgan fingerprint density at radius 2 is 1.68 bits per heavy atom. The third kappa shape index (κ3) is 3.52. The number of para-hydroxylation sites is 2. The molecular weight excluding hydrogens is 376 g/mol. The van der Waals surface area contributed by atoms with Gasteiger partial charge >= 0.3 is 0 Å². The normalized spacial score (nSPS) is 18.4. The molecule has 28 heavy (non-hydrogen) atoms. The molecule has 0 radical (unpaired) electrons. The molecule has 7 heteroatoms. The van der Waals surface area contributed by atoms with Gasteiger partial charge in [0.05, 0.1) is 17.1 Å². The van der Waals surface area contributed by atoms with Crippen LogP contribution in [0, 0.1) is 12.8 Å². The number of fused-ring (bicyclic) bond motifs is 1. The van der Waals surface area contributed by atoms with E-state index in [1.807, 2.05) is 31.2 Å². The number of nitrogens with zero attached hydrogens (tertiary/aromatic N) is 2. The topological polar surface area (TPSA) is 66.9 Å². The van der Waals surface area contributed by atoms with Crippen molar-refractivity contribution in [1.29, 1.82) is 0 Å². The van der Waals surface area contributed by atoms with Crippen LogP contribution >= 0.6 is 0 Å². The van der Waals surface area contributed by atoms with Crippen molar-refractivity contribution in [3.8, 4) is 5.75 Å². The highest BCUT2D eigenvalue weighted by atomic mass is 32.2. The van der Waals surface area contributed by atoms with Gasteiger partial charge in [0, 0.05) is 19.0 Å². The summed E-state index contributed by atoms with van der Waals surface area (Å²) in [6, 6.07) is 14.4. The van der Waals surface area contributed by atoms with Gasteiger partial charge in [0.2, 0.25) is 15.9 Å². The zero-order valence-electron chi connectivity index (χ0n) is 15.9. The number of anilines is 1. The second-order valence-corrected chi connectivity index (χ2v) is 9.24. The van der Waals surface area contributed by atoms with Crippen LogP contribution < -0.4 is 9.64 Å². The predicted molar refractivity (Wildman–Crippen MR) is 107 cm³/mol. The zero-order chi connectivity index (χ0) is 19.7. The van der Waals surface area contributed by atoms with E-state index in [0.717, 1.165) is 17.0 Å². The molecule has 0 atom stereocenters. The minimum absolute atomic E-state index is 0.0585. The van der Waals surface area contributed by atoms with Crippen molar-refractivity contribution < 1.29 is 17.9 Å². The summed E-state index contributed by atoms with van der Waals surface area (Å²) >= 11 is 0. The number of benzene rings is 2. The van der Waals surface area contributed by atoms with Gasteiger partial charge in [-0.1, -0.05) is 29.8 Å². The Hall–Kier alpha value is -2.38. The number of rotatable bonds is 3. The molecule has 2 aliphatic heterocycles. The first-order valence-electron chi connectivity index (χ1n) is 9.57. The Morgan fingerprint density at radius 3 is 2.39 bits per heavy atom. The first kappa shape index (κ1) is 19.0. The van der Waals surface area contributed by atoms with Crippen molar-refractivity contribution in [3.05, 3.63) is 54.1 Å². The van der Waals surface area contributed by atoms with Gasteiger partial charge in [-0.3, -0.25) is 4.79 Å². The quantitative estimate of drug-likeness (QED) is 0.795. The molecular formula is C21H24N2O4S. The lowest BCUT2D eigenvalue weighted by Gasteiger charge is -2.35. The van der Waals surface area contributed by atoms with Gasteiger partial charge in [0.15, 0.2) is 0 Å². The molecule has 2 heterocycles. The SMILES string of the molecule is Cc1ccc(S(=O)(=O)N2CCC(C(=O)N3CCOc4ccccc43)CC2)cc1. The second-order valence-electron chi connectivity index (χ2n) is 7.30. The van der Waals surface area contributed by atoms with Crippen molar-refractivity contribution in [2.45, 2.75) is 24.7 Å². The molecule has 0 aliphatic carbocycles. The molecule has 0 saturated carbocycles. The molecule has 0 unspecified atom stereocenters. The van der Waals surface area contributed by atoms with Crippen LogP contribution in [0.3, 0.4) is 0 Å². The van der Waals surface area contributed by atoms with Gasteiger partial charge < -0.3 is 9.64 Å². The van der Waals surface area contributed by atoms with Gasteiger partial charge in [0.25, 0.3) is 0 Å². The van der Waals surface area contributed by atoms with Crippen LogP contribution in [0.4, 0.5) is 5.69 Å². The maximum absolute atomic E-state index is 13.1. The maximum Gasteiger partial charge on any atom is 0.243 e. The molecule has 0 aromatic heterocycles. The zero-order valence-corrected chi connectivity index (χ0v) is 16.7. The fourth-order valence-electron chi connectivity index (χ4n) is 3.82. The van der Waals surface area contributed by atoms with Crippen LogP contribution in [0.5, 0.6) is 5.75 Å². The third-order valence-electron chi connectivity index (χ3n) is 5.46. The summed E-state index contributed by atoms with van der Waals surface area (Å²) in [5, 5.41) is 0. The van der Waals surface area contributed by atoms with Crippen molar-refractivity contribution in [2.24, 2.45) is 5.92 Å². The smallest absolute Gasteiger partial charge is 0.243 e. The van der Waals surface area contributed by atoms with E-state index in [9.17, 15) is 13.2 Å². The highest BCUT2D eigenvalue weighted by Gasteiger charge is 2.35. The van der Waals surface area contributed by atoms with E-state index in [4.69, 9.17) is 4.74 Å². The number of ether oxygens (including phenoxy) is 1. The molecule has 0 N–H and O–H groups in total. The van der Waals surface area contributed by atoms with Crippen LogP contribution in [0.2, 0.25) is 0 Å². The second kappa shape index (κ2) is 7.56. The van der Waals surface area contributed by atoms with Gasteiger partial charge in [-0.15, -0.1) is 0 Å². The molecule has 2 aromatic carbocycles. The monoisotopic (exact) mass is 400 g/mol. The number of carbonyl (C=O) groups is 1. The van der Waals surface area contributed by atoms with Crippen LogP contribution in [-0.2, 0) is 14.8 Å². The highest BCUT2D eigenvalue weighted by Crippen LogP contribution is 2.34. The number of carbonyl (C=O) groups excluding carboxylic acids is 1. The number of amides is 1. The molecule has 4 rings (SSSR count). The maximum atomic E-state index is 13.1. The number of aryl methyl sites for hydroxylation is 1. The average Bonchev–Trinajstić information content (AvgIpc) is 2.73. The van der Waals surface area contributed by atoms with E-state index in [1.54, 1.807) is 29.2 Å². The van der Waals surface area contributed by atoms with E-state index in [-0.39, 0.29) is 11.8 Å². The van der Waals surface area contributed by atoms with Crippen LogP contribution in [0.15, 0.2) is 53.4 Å². The lowest BCUT2D eigenvalue weighted by molar-refractivity contribution is -0.123. The molecule has 1 amide bonds. The summed E-state index contributed by atoms with van der Waals surface area (Å²) in [7, 11) is -3.51. The van der Waals surface area contributed by atoms with Crippen LogP contribution in [0.25, 0.3) is 0 Å². The molecule has 2 aliphatic rings. The fraction of sp³-hybridized carbons (Fsp3) is 0.381. The summed E-state index contributed by atoms with van der Waals surface area (Å²) in [4.78, 5) is 15.2. The van der Waals surface area contributed by atoms with Gasteiger partial charge in [-0.2, -0.15) is 4.31 Å². The Kier molecular flexibility index (Phi) is 5.12. The first-order valence-corrected chi connectivity index (χ1v) is 11.0. The molecule has 1 fully saturated rings. The van der Waals surface area contributed by atoms with Crippen molar-refractivity contribution in [2.75, 3.05) is 31.1 Å². The largest absolute Gasteiger partial charge is 0.490 e. The van der Waals surface area contributed by atoms with E-state index >= 15 is 0 Å². The standard InChI is InChI=1S/C21H24N2O4S/c1-16-6-8-18(9-7-16)28(25,26)22-12-10-17(11-13-22)21(24)23-14-15-27-20-5-3-2-4-19(20)23/h2-9,17H,10-15H2,1H3. The van der Waals surface area contributed by atoms with Gasteiger partial charge in [-0.25, -0.2) is 8.42 Å². The highest BCUT2D eigenvalue weighted by molar-refractivity contribution is 7.89. The summed E-state index contributed by atoms with van der Waals surface area (Å²) in [6.45, 7) is 3.65. The van der Waals surface area contributed by atoms with E-state index in [0.29, 0.717) is 44.0 Å². The van der Waals surface area contributed by atoms with Gasteiger partial charge in [-0.05, 0) is 44.0 Å². The first-order chi connectivity index (χ1) is 13.5. The van der Waals surface area contributed by atoms with Gasteiger partial charge in [0.1, 0.15) is 12.4 Å². The van der Waals surface area contributed by atoms with Crippen LogP contribution in [-0.4, -0.2) is 44.9 Å². The van der Waals surface area contributed by atoms with E-state index < -0.39 is 10.0 Å². The predicted octanol–water partition coefficient (Wildman–Crippen LogP) is 2.82. The molecule has 0 bridgehead atoms. The molecule has 6 nitrogen and oxygen atoms in total. The van der Waals surface area contributed by atoms with Crippen molar-refractivity contribution >= 4 is 21.6 Å². The third-order valence-corrected chi connectivity index (χ3v) is 7.37. The molecule has 1 saturated heterocycles. The minimum Gasteiger partial charge on any atom is -0.490 e. The summed E-state index contributed by atoms with van der Waals surface area (Å²) in [5.74, 6) is 0.611. The summed E-state index contributed by atoms with van der Waals surface area (Å²) in [6.07, 6.45) is 1.06. The fourth-order valence-corrected chi connectivity index (χ4v) is 5.29. The summed E-state index contributed by atoms with van der Waals surface area (Å²) < 4.78 is 32.8. The summed E-state index contributed by atoms with van der Waals surface area (Å²) in [5.41, 5.74) is 1.82. The van der Waals surface area contributed by atoms with E-state index in [1.165, 1.54) is 4.31 Å². The molecule has 0 spiro atoms. The van der Waals surface area contributed by atoms with E-state index in [2.05, 4.69) is 0 Å². The van der Waals surface area contributed by atoms with Crippen molar-refractivity contribution in [3.63, 3.8) is 0 Å². The number of sulfonamides is 1. The Balaban J connectivity index is 1.45. The lowest BCUT2D eigenvalue weighted by Crippen LogP contribution is -2.46. The Labute approximate surface area is 165 Å². The lowest BCUT2D eigenvalue weighted by atomic mass is 9.96. The Bertz CT molecular complexity index is 964. The number of hydrogen-bond donors (Lipinski definition) is 0. The van der Waals surface area contributed by atoms with Crippen molar-refractivity contribution in [1.82, 2.24) is 4.31 Å². The Morgan fingerprint density at radius 1 is 1.00 bits per heavy atom. The number of piperidine rings is 1.